The number of hydrogen-bond acceptors (Lipinski definition) is 5. The van der Waals surface area contributed by atoms with Crippen LogP contribution in [-0.4, -0.2) is 44.2 Å². The van der Waals surface area contributed by atoms with Crippen LogP contribution in [0.5, 0.6) is 0 Å². The number of carbonyl (C=O) groups is 1. The van der Waals surface area contributed by atoms with Gasteiger partial charge < -0.3 is 10.2 Å². The molecule has 1 aliphatic heterocycles. The van der Waals surface area contributed by atoms with Crippen LogP contribution >= 0.6 is 0 Å². The van der Waals surface area contributed by atoms with Crippen LogP contribution in [0.15, 0.2) is 42.7 Å². The van der Waals surface area contributed by atoms with Crippen molar-refractivity contribution in [2.75, 3.05) is 23.3 Å². The molecule has 1 amide bonds. The van der Waals surface area contributed by atoms with E-state index in [9.17, 15) is 22.4 Å². The summed E-state index contributed by atoms with van der Waals surface area (Å²) in [6, 6.07) is 6.74. The lowest BCUT2D eigenvalue weighted by Gasteiger charge is -2.30. The highest BCUT2D eigenvalue weighted by Gasteiger charge is 2.37. The van der Waals surface area contributed by atoms with Crippen LogP contribution in [0, 0.1) is 19.7 Å². The van der Waals surface area contributed by atoms with E-state index < -0.39 is 23.5 Å². The summed E-state index contributed by atoms with van der Waals surface area (Å²) in [5.41, 5.74) is 2.05. The van der Waals surface area contributed by atoms with Gasteiger partial charge in [0, 0.05) is 35.6 Å². The summed E-state index contributed by atoms with van der Waals surface area (Å²) in [6.07, 6.45) is 0.871. The van der Waals surface area contributed by atoms with Crippen molar-refractivity contribution in [1.29, 1.82) is 0 Å². The fourth-order valence-electron chi connectivity index (χ4n) is 4.57. The van der Waals surface area contributed by atoms with Crippen molar-refractivity contribution >= 4 is 17.3 Å². The first-order valence-corrected chi connectivity index (χ1v) is 12.1. The summed E-state index contributed by atoms with van der Waals surface area (Å²) in [7, 11) is 0. The standard InChI is InChI=1S/C26H25F4N7O/c1-15-6-7-17(10-22(15)37-14-21(34-35-37)19-13-31-33-16(19)2)25(38)32-18-11-20(26(28,29)30)24(27)23(12-18)36-8-4-3-5-9-36/h6-7,10-14H,3-5,8-9H2,1-2H3,(H,31,33)(H,32,38). The monoisotopic (exact) mass is 527 g/mol. The second kappa shape index (κ2) is 9.92. The highest BCUT2D eigenvalue weighted by atomic mass is 19.4. The molecule has 8 nitrogen and oxygen atoms in total. The molecule has 2 aromatic carbocycles. The number of benzene rings is 2. The number of carbonyl (C=O) groups excluding carboxylic acids is 1. The zero-order valence-electron chi connectivity index (χ0n) is 20.7. The number of aryl methyl sites for hydroxylation is 2. The van der Waals surface area contributed by atoms with Crippen LogP contribution in [0.3, 0.4) is 0 Å². The molecule has 2 N–H and O–H groups in total. The van der Waals surface area contributed by atoms with Gasteiger partial charge in [-0.15, -0.1) is 5.10 Å². The second-order valence-corrected chi connectivity index (χ2v) is 9.31. The van der Waals surface area contributed by atoms with Gasteiger partial charge in [-0.3, -0.25) is 9.89 Å². The van der Waals surface area contributed by atoms with Crippen LogP contribution in [0.1, 0.15) is 46.4 Å². The topological polar surface area (TPSA) is 91.7 Å². The van der Waals surface area contributed by atoms with E-state index in [0.717, 1.165) is 36.1 Å². The van der Waals surface area contributed by atoms with Gasteiger partial charge in [-0.25, -0.2) is 9.07 Å². The average Bonchev–Trinajstić information content (AvgIpc) is 3.54. The summed E-state index contributed by atoms with van der Waals surface area (Å²) >= 11 is 0. The summed E-state index contributed by atoms with van der Waals surface area (Å²) in [4.78, 5) is 14.7. The molecule has 0 saturated carbocycles. The van der Waals surface area contributed by atoms with Crippen molar-refractivity contribution in [3.8, 4) is 16.9 Å². The fourth-order valence-corrected chi connectivity index (χ4v) is 4.57. The Bertz CT molecular complexity index is 1490. The van der Waals surface area contributed by atoms with Gasteiger partial charge in [0.25, 0.3) is 5.91 Å². The van der Waals surface area contributed by atoms with Gasteiger partial charge in [0.1, 0.15) is 5.69 Å². The number of nitrogens with zero attached hydrogens (tertiary/aromatic N) is 5. The van der Waals surface area contributed by atoms with Crippen LogP contribution in [-0.2, 0) is 6.18 Å². The molecular weight excluding hydrogens is 502 g/mol. The summed E-state index contributed by atoms with van der Waals surface area (Å²) < 4.78 is 57.4. The lowest BCUT2D eigenvalue weighted by Crippen LogP contribution is -2.31. The van der Waals surface area contributed by atoms with Crippen molar-refractivity contribution in [3.05, 3.63) is 70.9 Å². The Kier molecular flexibility index (Phi) is 6.64. The van der Waals surface area contributed by atoms with Crippen molar-refractivity contribution in [2.24, 2.45) is 0 Å². The number of alkyl halides is 3. The predicted octanol–water partition coefficient (Wildman–Crippen LogP) is 5.67. The second-order valence-electron chi connectivity index (χ2n) is 9.31. The minimum absolute atomic E-state index is 0.134. The SMILES string of the molecule is Cc1ccc(C(=O)Nc2cc(N3CCCCC3)c(F)c(C(F)(F)F)c2)cc1-n1cc(-c2cn[nH]c2C)nn1. The van der Waals surface area contributed by atoms with Gasteiger partial charge in [0.05, 0.1) is 29.3 Å². The molecular formula is C26H25F4N7O. The van der Waals surface area contributed by atoms with Crippen LogP contribution in [0.2, 0.25) is 0 Å². The maximum atomic E-state index is 14.9. The lowest BCUT2D eigenvalue weighted by atomic mass is 10.1. The quantitative estimate of drug-likeness (QED) is 0.326. The number of anilines is 2. The number of amides is 1. The number of H-pyrrole nitrogens is 1. The Morgan fingerprint density at radius 3 is 2.50 bits per heavy atom. The Morgan fingerprint density at radius 2 is 1.82 bits per heavy atom. The fraction of sp³-hybridized carbons (Fsp3) is 0.308. The van der Waals surface area contributed by atoms with Crippen molar-refractivity contribution in [1.82, 2.24) is 25.2 Å². The molecule has 0 atom stereocenters. The van der Waals surface area contributed by atoms with Crippen molar-refractivity contribution < 1.29 is 22.4 Å². The van der Waals surface area contributed by atoms with E-state index in [0.29, 0.717) is 30.5 Å². The lowest BCUT2D eigenvalue weighted by molar-refractivity contribution is -0.139. The molecule has 1 aliphatic rings. The number of hydrogen-bond donors (Lipinski definition) is 2. The maximum Gasteiger partial charge on any atom is 0.419 e. The first-order valence-electron chi connectivity index (χ1n) is 12.1. The Balaban J connectivity index is 1.45. The van der Waals surface area contributed by atoms with Gasteiger partial charge in [0.15, 0.2) is 5.82 Å². The molecule has 0 unspecified atom stereocenters. The molecule has 0 bridgehead atoms. The zero-order valence-corrected chi connectivity index (χ0v) is 20.7. The molecule has 12 heteroatoms. The maximum absolute atomic E-state index is 14.9. The molecule has 0 radical (unpaired) electrons. The average molecular weight is 528 g/mol. The van der Waals surface area contributed by atoms with E-state index in [4.69, 9.17) is 0 Å². The molecule has 1 fully saturated rings. The normalized spacial score (nSPS) is 14.1. The number of piperidine rings is 1. The third-order valence-corrected chi connectivity index (χ3v) is 6.63. The number of rotatable bonds is 5. The van der Waals surface area contributed by atoms with Crippen molar-refractivity contribution in [2.45, 2.75) is 39.3 Å². The summed E-state index contributed by atoms with van der Waals surface area (Å²) in [5, 5.41) is 17.7. The van der Waals surface area contributed by atoms with Gasteiger partial charge in [0.2, 0.25) is 0 Å². The van der Waals surface area contributed by atoms with Crippen LogP contribution < -0.4 is 10.2 Å². The zero-order chi connectivity index (χ0) is 27.0. The Labute approximate surface area is 215 Å². The first kappa shape index (κ1) is 25.4. The third kappa shape index (κ3) is 4.98. The first-order chi connectivity index (χ1) is 18.1. The molecule has 5 rings (SSSR count). The molecule has 0 aliphatic carbocycles. The predicted molar refractivity (Wildman–Crippen MR) is 134 cm³/mol. The van der Waals surface area contributed by atoms with E-state index >= 15 is 0 Å². The number of aromatic amines is 1. The van der Waals surface area contributed by atoms with Crippen LogP contribution in [0.4, 0.5) is 28.9 Å². The van der Waals surface area contributed by atoms with E-state index in [2.05, 4.69) is 25.8 Å². The molecule has 2 aromatic heterocycles. The van der Waals surface area contributed by atoms with E-state index in [1.54, 1.807) is 35.5 Å². The molecule has 38 heavy (non-hydrogen) atoms. The number of aromatic nitrogens is 5. The van der Waals surface area contributed by atoms with E-state index in [1.807, 2.05) is 13.8 Å². The minimum Gasteiger partial charge on any atom is -0.369 e. The molecule has 0 spiro atoms. The molecule has 3 heterocycles. The Hall–Kier alpha value is -4.22. The molecule has 4 aromatic rings. The highest BCUT2D eigenvalue weighted by Crippen LogP contribution is 2.38. The van der Waals surface area contributed by atoms with Gasteiger partial charge >= 0.3 is 6.18 Å². The van der Waals surface area contributed by atoms with E-state index in [-0.39, 0.29) is 16.9 Å². The van der Waals surface area contributed by atoms with Gasteiger partial charge in [-0.2, -0.15) is 18.3 Å². The van der Waals surface area contributed by atoms with Crippen LogP contribution in [0.25, 0.3) is 16.9 Å². The largest absolute Gasteiger partial charge is 0.419 e. The third-order valence-electron chi connectivity index (χ3n) is 6.63. The molecule has 1 saturated heterocycles. The Morgan fingerprint density at radius 1 is 1.05 bits per heavy atom. The van der Waals surface area contributed by atoms with Gasteiger partial charge in [-0.05, 0) is 62.9 Å². The van der Waals surface area contributed by atoms with Crippen molar-refractivity contribution in [3.63, 3.8) is 0 Å². The summed E-state index contributed by atoms with van der Waals surface area (Å²) in [5.74, 6) is -1.97. The van der Waals surface area contributed by atoms with E-state index in [1.165, 1.54) is 10.7 Å². The smallest absolute Gasteiger partial charge is 0.369 e. The summed E-state index contributed by atoms with van der Waals surface area (Å²) in [6.45, 7) is 4.59. The van der Waals surface area contributed by atoms with Gasteiger partial charge in [-0.1, -0.05) is 11.3 Å². The highest BCUT2D eigenvalue weighted by molar-refractivity contribution is 6.05. The molecule has 198 valence electrons. The number of halogens is 4. The minimum atomic E-state index is -4.91. The number of nitrogens with one attached hydrogen (secondary N) is 2.